The highest BCUT2D eigenvalue weighted by Crippen LogP contribution is 2.37. The average Bonchev–Trinajstić information content (AvgIpc) is 0.830. The lowest BCUT2D eigenvalue weighted by molar-refractivity contribution is -0.235. The second-order valence-electron chi connectivity index (χ2n) is 28.7. The Labute approximate surface area is 598 Å². The fraction of sp³-hybridized carbons (Fsp3) is 0.652. The van der Waals surface area contributed by atoms with Gasteiger partial charge in [0.05, 0.1) is 70.6 Å². The number of ether oxygens (including phenoxy) is 7. The molecule has 546 valence electrons. The summed E-state index contributed by atoms with van der Waals surface area (Å²) in [5, 5.41) is 3.62. The van der Waals surface area contributed by atoms with Crippen LogP contribution in [0.3, 0.4) is 0 Å². The van der Waals surface area contributed by atoms with E-state index in [9.17, 15) is 4.79 Å². The van der Waals surface area contributed by atoms with E-state index in [2.05, 4.69) is 160 Å². The minimum Gasteiger partial charge on any atom is -0.381 e. The Hall–Kier alpha value is -4.71. The molecule has 0 spiro atoms. The van der Waals surface area contributed by atoms with Crippen LogP contribution in [-0.2, 0) is 71.0 Å². The van der Waals surface area contributed by atoms with Gasteiger partial charge in [-0.2, -0.15) is 0 Å². The van der Waals surface area contributed by atoms with Gasteiger partial charge in [0.1, 0.15) is 18.3 Å². The van der Waals surface area contributed by atoms with Crippen molar-refractivity contribution in [3.05, 3.63) is 179 Å². The van der Waals surface area contributed by atoms with Gasteiger partial charge >= 0.3 is 0 Å². The van der Waals surface area contributed by atoms with Crippen LogP contribution in [0.15, 0.2) is 152 Å². The number of carbonyl (C=O) groups is 1. The Morgan fingerprint density at radius 3 is 1.09 bits per heavy atom. The van der Waals surface area contributed by atoms with Crippen molar-refractivity contribution in [3.63, 3.8) is 0 Å². The van der Waals surface area contributed by atoms with Crippen LogP contribution in [0.25, 0.3) is 0 Å². The molecule has 0 unspecified atom stereocenters. The van der Waals surface area contributed by atoms with Gasteiger partial charge in [-0.3, -0.25) is 4.79 Å². The molecule has 98 heavy (non-hydrogen) atoms. The van der Waals surface area contributed by atoms with E-state index in [4.69, 9.17) is 33.2 Å². The van der Waals surface area contributed by atoms with E-state index >= 15 is 0 Å². The molecular formula is C89H137NO8. The van der Waals surface area contributed by atoms with E-state index in [1.807, 2.05) is 18.2 Å². The summed E-state index contributed by atoms with van der Waals surface area (Å²) in [5.74, 6) is -0.0790. The number of hydrogen-bond acceptors (Lipinski definition) is 8. The van der Waals surface area contributed by atoms with Crippen LogP contribution in [0.5, 0.6) is 0 Å². The minimum atomic E-state index is -0.561. The lowest BCUT2D eigenvalue weighted by atomic mass is 9.80. The van der Waals surface area contributed by atoms with Crippen molar-refractivity contribution in [3.8, 4) is 0 Å². The highest BCUT2D eigenvalue weighted by Gasteiger charge is 2.49. The van der Waals surface area contributed by atoms with Crippen molar-refractivity contribution in [1.82, 2.24) is 5.32 Å². The van der Waals surface area contributed by atoms with Crippen LogP contribution < -0.4 is 5.32 Å². The highest BCUT2D eigenvalue weighted by atomic mass is 16.6. The number of benzene rings is 5. The van der Waals surface area contributed by atoms with Crippen molar-refractivity contribution < 1.29 is 38.0 Å². The van der Waals surface area contributed by atoms with E-state index < -0.39 is 30.5 Å². The number of unbranched alkanes of at least 4 members (excludes halogenated alkanes) is 33. The molecule has 6 rings (SSSR count). The Bertz CT molecular complexity index is 2580. The van der Waals surface area contributed by atoms with Crippen molar-refractivity contribution in [2.75, 3.05) is 19.8 Å². The SMILES string of the molecule is CCCCCCCCCCCCCCCCCCCCCCCCCC(=O)N[C@@H](CO[C@H]1C[C@H](COCCC)[C@H](OCc2ccccc2)[C@H](OCc2ccccc2)[C@H]1OCc1ccccc1)[C@H](OCc1ccccc1)[C@@H](CCCCCCCCCCCCCC)OCc1ccccc1. The molecule has 5 aromatic rings. The Balaban J connectivity index is 1.18. The van der Waals surface area contributed by atoms with E-state index in [0.717, 1.165) is 72.8 Å². The number of carbonyl (C=O) groups excluding carboxylic acids is 1. The van der Waals surface area contributed by atoms with Crippen LogP contribution in [0, 0.1) is 5.92 Å². The van der Waals surface area contributed by atoms with Gasteiger partial charge in [-0.1, -0.05) is 391 Å². The monoisotopic (exact) mass is 1350 g/mol. The molecular weight excluding hydrogens is 1210 g/mol. The molecule has 0 heterocycles. The first-order chi connectivity index (χ1) is 48.5. The second kappa shape index (κ2) is 55.9. The van der Waals surface area contributed by atoms with Crippen LogP contribution in [0.2, 0.25) is 0 Å². The van der Waals surface area contributed by atoms with Gasteiger partial charge in [0, 0.05) is 18.9 Å². The molecule has 5 aromatic carbocycles. The predicted molar refractivity (Wildman–Crippen MR) is 408 cm³/mol. The summed E-state index contributed by atoms with van der Waals surface area (Å²) < 4.78 is 50.1. The lowest BCUT2D eigenvalue weighted by Gasteiger charge is -2.46. The third-order valence-electron chi connectivity index (χ3n) is 20.1. The van der Waals surface area contributed by atoms with Gasteiger partial charge in [-0.05, 0) is 53.5 Å². The normalized spacial score (nSPS) is 17.2. The number of hydrogen-bond donors (Lipinski definition) is 1. The summed E-state index contributed by atoms with van der Waals surface area (Å²) in [6.45, 7) is 9.95. The van der Waals surface area contributed by atoms with Crippen LogP contribution in [0.1, 0.15) is 299 Å². The molecule has 8 atom stereocenters. The summed E-state index contributed by atoms with van der Waals surface area (Å²) >= 11 is 0. The molecule has 1 saturated carbocycles. The molecule has 0 aromatic heterocycles. The zero-order valence-corrected chi connectivity index (χ0v) is 62.1. The Morgan fingerprint density at radius 2 is 0.704 bits per heavy atom. The fourth-order valence-corrected chi connectivity index (χ4v) is 14.2. The Morgan fingerprint density at radius 1 is 0.367 bits per heavy atom. The molecule has 1 amide bonds. The first-order valence-corrected chi connectivity index (χ1v) is 40.3. The quantitative estimate of drug-likeness (QED) is 0.0385. The first kappa shape index (κ1) is 82.2. The minimum absolute atomic E-state index is 0.0207. The van der Waals surface area contributed by atoms with Crippen molar-refractivity contribution in [1.29, 1.82) is 0 Å². The van der Waals surface area contributed by atoms with Crippen molar-refractivity contribution >= 4 is 5.91 Å². The molecule has 1 aliphatic rings. The molecule has 9 heteroatoms. The van der Waals surface area contributed by atoms with Crippen LogP contribution in [-0.4, -0.2) is 68.4 Å². The molecule has 1 aliphatic carbocycles. The topological polar surface area (TPSA) is 93.7 Å². The lowest BCUT2D eigenvalue weighted by Crippen LogP contribution is -2.59. The summed E-state index contributed by atoms with van der Waals surface area (Å²) in [4.78, 5) is 14.9. The molecule has 0 radical (unpaired) electrons. The van der Waals surface area contributed by atoms with Gasteiger partial charge in [-0.25, -0.2) is 0 Å². The molecule has 0 saturated heterocycles. The summed E-state index contributed by atoms with van der Waals surface area (Å²) in [6.07, 6.45) is 45.9. The standard InChI is InChI=1S/C89H137NO8/c1-4-7-9-11-13-15-17-19-20-21-22-23-24-25-26-27-28-29-31-33-35-37-54-66-85(91)90-82(87(96-71-78-59-47-40-48-60-78)83(93-69-76-55-43-38-44-56-76)65-53-36-34-32-30-18-16-14-12-10-8-5-2)75-94-84-68-81(74-92-67-6-3)86(95-70-77-57-45-39-46-58-77)89(98-73-80-63-51-42-52-64-80)88(84)97-72-79-61-49-41-50-62-79/h38-52,55-64,81-84,86-89H,4-37,53-54,65-75H2,1-3H3,(H,90,91)/t81-,82+,83-,84+,86+,87+,88+,89+/m1/s1. The fourth-order valence-electron chi connectivity index (χ4n) is 14.2. The van der Waals surface area contributed by atoms with Gasteiger partial charge in [0.25, 0.3) is 0 Å². The average molecular weight is 1350 g/mol. The first-order valence-electron chi connectivity index (χ1n) is 40.3. The number of amides is 1. The maximum absolute atomic E-state index is 14.9. The van der Waals surface area contributed by atoms with Crippen LogP contribution >= 0.6 is 0 Å². The molecule has 0 bridgehead atoms. The van der Waals surface area contributed by atoms with Crippen molar-refractivity contribution in [2.24, 2.45) is 5.92 Å². The highest BCUT2D eigenvalue weighted by molar-refractivity contribution is 5.76. The van der Waals surface area contributed by atoms with Gasteiger partial charge in [0.2, 0.25) is 5.91 Å². The van der Waals surface area contributed by atoms with E-state index in [0.29, 0.717) is 59.1 Å². The van der Waals surface area contributed by atoms with Gasteiger partial charge in [0.15, 0.2) is 0 Å². The number of nitrogens with one attached hydrogen (secondary N) is 1. The maximum atomic E-state index is 14.9. The van der Waals surface area contributed by atoms with Gasteiger partial charge in [-0.15, -0.1) is 0 Å². The van der Waals surface area contributed by atoms with Crippen molar-refractivity contribution in [2.45, 2.75) is 347 Å². The molecule has 1 fully saturated rings. The molecule has 0 aliphatic heterocycles. The summed E-state index contributed by atoms with van der Waals surface area (Å²) in [7, 11) is 0. The third kappa shape index (κ3) is 37.3. The van der Waals surface area contributed by atoms with Crippen LogP contribution in [0.4, 0.5) is 0 Å². The predicted octanol–water partition coefficient (Wildman–Crippen LogP) is 23.7. The maximum Gasteiger partial charge on any atom is 0.220 e. The smallest absolute Gasteiger partial charge is 0.220 e. The number of rotatable bonds is 62. The summed E-state index contributed by atoms with van der Waals surface area (Å²) in [5.41, 5.74) is 5.39. The summed E-state index contributed by atoms with van der Waals surface area (Å²) in [6, 6.07) is 51.5. The van der Waals surface area contributed by atoms with E-state index in [1.54, 1.807) is 0 Å². The van der Waals surface area contributed by atoms with E-state index in [1.165, 1.54) is 193 Å². The molecule has 1 N–H and O–H groups in total. The van der Waals surface area contributed by atoms with Gasteiger partial charge < -0.3 is 38.5 Å². The second-order valence-corrected chi connectivity index (χ2v) is 28.7. The van der Waals surface area contributed by atoms with E-state index in [-0.39, 0.29) is 30.6 Å². The Kier molecular flexibility index (Phi) is 46.9. The zero-order valence-electron chi connectivity index (χ0n) is 62.1. The zero-order chi connectivity index (χ0) is 68.7. The third-order valence-corrected chi connectivity index (χ3v) is 20.1. The largest absolute Gasteiger partial charge is 0.381 e. The molecule has 9 nitrogen and oxygen atoms in total.